The van der Waals surface area contributed by atoms with Gasteiger partial charge in [0.2, 0.25) is 5.03 Å². The molecule has 2 heterocycles. The highest BCUT2D eigenvalue weighted by Crippen LogP contribution is 2.25. The number of rotatable bonds is 3. The van der Waals surface area contributed by atoms with Crippen molar-refractivity contribution >= 4 is 26.0 Å². The number of aryl methyl sites for hydroxylation is 1. The lowest BCUT2D eigenvalue weighted by Gasteiger charge is -2.16. The predicted molar refractivity (Wildman–Crippen MR) is 64.9 cm³/mol. The number of nitrogens with one attached hydrogen (secondary N) is 1. The van der Waals surface area contributed by atoms with Crippen LogP contribution in [0.25, 0.3) is 0 Å². The quantitative estimate of drug-likeness (QED) is 0.815. The lowest BCUT2D eigenvalue weighted by molar-refractivity contribution is 0.455. The molecule has 2 rings (SSSR count). The Morgan fingerprint density at radius 1 is 1.53 bits per heavy atom. The van der Waals surface area contributed by atoms with Crippen molar-refractivity contribution in [3.63, 3.8) is 0 Å². The van der Waals surface area contributed by atoms with E-state index < -0.39 is 10.0 Å². The number of nitrogens with zero attached hydrogens (tertiary/aromatic N) is 4. The van der Waals surface area contributed by atoms with Crippen molar-refractivity contribution in [1.82, 2.24) is 24.6 Å². The van der Waals surface area contributed by atoms with Crippen LogP contribution >= 0.6 is 15.9 Å². The average Bonchev–Trinajstić information content (AvgIpc) is 2.85. The molecule has 1 saturated heterocycles. The summed E-state index contributed by atoms with van der Waals surface area (Å²) in [7, 11) is -0.114. The van der Waals surface area contributed by atoms with Crippen molar-refractivity contribution in [2.75, 3.05) is 20.1 Å². The van der Waals surface area contributed by atoms with Gasteiger partial charge in [-0.25, -0.2) is 13.1 Å². The molecule has 1 fully saturated rings. The Hall–Kier alpha value is -0.510. The van der Waals surface area contributed by atoms with Crippen LogP contribution < -0.4 is 5.32 Å². The first-order valence-electron chi connectivity index (χ1n) is 5.19. The number of aromatic nitrogens is 3. The molecule has 1 unspecified atom stereocenters. The Bertz CT molecular complexity index is 494. The summed E-state index contributed by atoms with van der Waals surface area (Å²) < 4.78 is 27.7. The summed E-state index contributed by atoms with van der Waals surface area (Å²) in [6.07, 6.45) is 0.818. The fourth-order valence-corrected chi connectivity index (χ4v) is 4.43. The highest BCUT2D eigenvalue weighted by molar-refractivity contribution is 9.10. The summed E-state index contributed by atoms with van der Waals surface area (Å²) in [6.45, 7) is 1.00. The van der Waals surface area contributed by atoms with Crippen molar-refractivity contribution < 1.29 is 8.42 Å². The molecule has 0 aromatic carbocycles. The fraction of sp³-hybridized carbons (Fsp3) is 0.750. The number of likely N-dealkylation sites (N-methyl/N-ethyl adjacent to an activating group) is 1. The number of halogens is 1. The van der Waals surface area contributed by atoms with Gasteiger partial charge in [0.05, 0.1) is 0 Å². The average molecular weight is 324 g/mol. The molecule has 9 heteroatoms. The van der Waals surface area contributed by atoms with Gasteiger partial charge in [-0.05, 0) is 29.4 Å². The van der Waals surface area contributed by atoms with E-state index in [-0.39, 0.29) is 15.7 Å². The summed E-state index contributed by atoms with van der Waals surface area (Å²) in [5.41, 5.74) is 0. The molecule has 0 bridgehead atoms. The topological polar surface area (TPSA) is 80.1 Å². The van der Waals surface area contributed by atoms with Gasteiger partial charge in [0.25, 0.3) is 10.0 Å². The summed E-state index contributed by atoms with van der Waals surface area (Å²) in [5, 5.41) is 10.6. The standard InChI is InChI=1S/C8H14BrN5O2S/c1-10-6-3-4-14(5-6)17(15,16)8-7(9)11-12-13(8)2/h6,10H,3-5H2,1-2H3. The van der Waals surface area contributed by atoms with E-state index >= 15 is 0 Å². The maximum absolute atomic E-state index is 12.4. The summed E-state index contributed by atoms with van der Waals surface area (Å²) in [5.74, 6) is 0. The van der Waals surface area contributed by atoms with Gasteiger partial charge in [0.15, 0.2) is 4.60 Å². The van der Waals surface area contributed by atoms with Gasteiger partial charge in [-0.3, -0.25) is 0 Å². The van der Waals surface area contributed by atoms with Crippen molar-refractivity contribution in [3.8, 4) is 0 Å². The van der Waals surface area contributed by atoms with Gasteiger partial charge in [-0.2, -0.15) is 4.31 Å². The Balaban J connectivity index is 2.32. The maximum Gasteiger partial charge on any atom is 0.263 e. The van der Waals surface area contributed by atoms with E-state index in [0.717, 1.165) is 6.42 Å². The lowest BCUT2D eigenvalue weighted by Crippen LogP contribution is -2.34. The SMILES string of the molecule is CNC1CCN(S(=O)(=O)c2c(Br)nnn2C)C1. The minimum absolute atomic E-state index is 0.106. The van der Waals surface area contributed by atoms with Crippen LogP contribution in [0.3, 0.4) is 0 Å². The second-order valence-electron chi connectivity index (χ2n) is 3.95. The smallest absolute Gasteiger partial charge is 0.263 e. The van der Waals surface area contributed by atoms with Crippen LogP contribution in [0.4, 0.5) is 0 Å². The molecular weight excluding hydrogens is 310 g/mol. The molecule has 1 aliphatic heterocycles. The van der Waals surface area contributed by atoms with Gasteiger partial charge >= 0.3 is 0 Å². The summed E-state index contributed by atoms with van der Waals surface area (Å²) >= 11 is 3.12. The Kier molecular flexibility index (Phi) is 3.53. The van der Waals surface area contributed by atoms with Crippen LogP contribution in [0.15, 0.2) is 9.63 Å². The lowest BCUT2D eigenvalue weighted by atomic mass is 10.3. The Labute approximate surface area is 108 Å². The molecule has 1 aromatic rings. The van der Waals surface area contributed by atoms with Gasteiger partial charge < -0.3 is 5.32 Å². The second-order valence-corrected chi connectivity index (χ2v) is 6.55. The molecule has 96 valence electrons. The molecule has 0 saturated carbocycles. The molecule has 1 atom stereocenters. The highest BCUT2D eigenvalue weighted by atomic mass is 79.9. The highest BCUT2D eigenvalue weighted by Gasteiger charge is 2.35. The van der Waals surface area contributed by atoms with E-state index in [1.54, 1.807) is 7.05 Å². The van der Waals surface area contributed by atoms with Crippen LogP contribution in [0.1, 0.15) is 6.42 Å². The third kappa shape index (κ3) is 2.24. The van der Waals surface area contributed by atoms with Crippen LogP contribution in [-0.2, 0) is 17.1 Å². The molecule has 0 spiro atoms. The van der Waals surface area contributed by atoms with Crippen molar-refractivity contribution in [3.05, 3.63) is 4.60 Å². The van der Waals surface area contributed by atoms with Crippen LogP contribution in [-0.4, -0.2) is 53.9 Å². The zero-order valence-electron chi connectivity index (χ0n) is 9.59. The van der Waals surface area contributed by atoms with Crippen molar-refractivity contribution in [1.29, 1.82) is 0 Å². The number of sulfonamides is 1. The normalized spacial score (nSPS) is 22.2. The fourth-order valence-electron chi connectivity index (χ4n) is 1.90. The molecule has 1 aliphatic rings. The van der Waals surface area contributed by atoms with Gasteiger partial charge in [-0.1, -0.05) is 5.21 Å². The third-order valence-corrected chi connectivity index (χ3v) is 5.63. The van der Waals surface area contributed by atoms with E-state index in [1.165, 1.54) is 8.99 Å². The number of hydrogen-bond donors (Lipinski definition) is 1. The van der Waals surface area contributed by atoms with Gasteiger partial charge in [-0.15, -0.1) is 5.10 Å². The molecule has 0 aliphatic carbocycles. The van der Waals surface area contributed by atoms with E-state index in [4.69, 9.17) is 0 Å². The molecule has 0 amide bonds. The van der Waals surface area contributed by atoms with Gasteiger partial charge in [0, 0.05) is 26.2 Å². The molecule has 7 nitrogen and oxygen atoms in total. The van der Waals surface area contributed by atoms with Crippen molar-refractivity contribution in [2.24, 2.45) is 7.05 Å². The molecular formula is C8H14BrN5O2S. The monoisotopic (exact) mass is 323 g/mol. The van der Waals surface area contributed by atoms with Crippen LogP contribution in [0, 0.1) is 0 Å². The first-order chi connectivity index (χ1) is 7.96. The first-order valence-corrected chi connectivity index (χ1v) is 7.42. The number of hydrogen-bond acceptors (Lipinski definition) is 5. The van der Waals surface area contributed by atoms with Gasteiger partial charge in [0.1, 0.15) is 0 Å². The van der Waals surface area contributed by atoms with Crippen molar-refractivity contribution in [2.45, 2.75) is 17.5 Å². The summed E-state index contributed by atoms with van der Waals surface area (Å²) in [4.78, 5) is 0. The summed E-state index contributed by atoms with van der Waals surface area (Å²) in [6, 6.07) is 0.213. The molecule has 1 N–H and O–H groups in total. The minimum Gasteiger partial charge on any atom is -0.316 e. The Morgan fingerprint density at radius 3 is 2.71 bits per heavy atom. The molecule has 17 heavy (non-hydrogen) atoms. The zero-order chi connectivity index (χ0) is 12.6. The Morgan fingerprint density at radius 2 is 2.24 bits per heavy atom. The van der Waals surface area contributed by atoms with Crippen LogP contribution in [0.2, 0.25) is 0 Å². The van der Waals surface area contributed by atoms with E-state index in [2.05, 4.69) is 31.6 Å². The third-order valence-electron chi connectivity index (χ3n) is 2.88. The minimum atomic E-state index is -3.52. The maximum atomic E-state index is 12.4. The molecule has 1 aromatic heterocycles. The molecule has 0 radical (unpaired) electrons. The largest absolute Gasteiger partial charge is 0.316 e. The van der Waals surface area contributed by atoms with E-state index in [0.29, 0.717) is 13.1 Å². The predicted octanol–water partition coefficient (Wildman–Crippen LogP) is -0.440. The zero-order valence-corrected chi connectivity index (χ0v) is 12.0. The second kappa shape index (κ2) is 4.63. The first kappa shape index (κ1) is 12.9. The van der Waals surface area contributed by atoms with E-state index in [9.17, 15) is 8.42 Å². The van der Waals surface area contributed by atoms with Crippen LogP contribution in [0.5, 0.6) is 0 Å². The van der Waals surface area contributed by atoms with E-state index in [1.807, 2.05) is 7.05 Å².